The first kappa shape index (κ1) is 15.0. The summed E-state index contributed by atoms with van der Waals surface area (Å²) in [6.07, 6.45) is 5.07. The van der Waals surface area contributed by atoms with E-state index in [1.54, 1.807) is 0 Å². The third-order valence-electron chi connectivity index (χ3n) is 4.55. The van der Waals surface area contributed by atoms with Gasteiger partial charge in [0.1, 0.15) is 0 Å². The maximum absolute atomic E-state index is 4.79. The first-order valence-electron chi connectivity index (χ1n) is 8.31. The second-order valence-electron chi connectivity index (χ2n) is 6.41. The van der Waals surface area contributed by atoms with Crippen molar-refractivity contribution in [1.29, 1.82) is 0 Å². The van der Waals surface area contributed by atoms with Crippen LogP contribution in [0.4, 0.5) is 0 Å². The first-order valence-corrected chi connectivity index (χ1v) is 8.31. The molecule has 0 bridgehead atoms. The van der Waals surface area contributed by atoms with Crippen LogP contribution in [0.15, 0.2) is 42.7 Å². The van der Waals surface area contributed by atoms with Crippen LogP contribution < -0.4 is 0 Å². The van der Waals surface area contributed by atoms with Crippen molar-refractivity contribution in [2.45, 2.75) is 26.4 Å². The molecule has 2 aromatic heterocycles. The Balaban J connectivity index is 1.53. The fourth-order valence-corrected chi connectivity index (χ4v) is 3.28. The lowest BCUT2D eigenvalue weighted by Crippen LogP contribution is -2.31. The Hall–Kier alpha value is -2.53. The molecule has 122 valence electrons. The predicted octanol–water partition coefficient (Wildman–Crippen LogP) is 2.74. The summed E-state index contributed by atoms with van der Waals surface area (Å²) in [4.78, 5) is 11.8. The number of benzene rings is 1. The van der Waals surface area contributed by atoms with E-state index < -0.39 is 0 Å². The number of hydrogen-bond donors (Lipinski definition) is 0. The minimum atomic E-state index is 0.825. The highest BCUT2D eigenvalue weighted by Crippen LogP contribution is 2.22. The SMILES string of the molecule is Cc1nn(C)cc1CN1CCc2nc(-c3ccccc3)ncc2C1. The van der Waals surface area contributed by atoms with Crippen molar-refractivity contribution in [3.05, 3.63) is 65.2 Å². The van der Waals surface area contributed by atoms with Crippen molar-refractivity contribution < 1.29 is 0 Å². The summed E-state index contributed by atoms with van der Waals surface area (Å²) in [5, 5.41) is 4.43. The fourth-order valence-electron chi connectivity index (χ4n) is 3.28. The molecule has 0 saturated heterocycles. The molecule has 1 aliphatic heterocycles. The molecule has 24 heavy (non-hydrogen) atoms. The third kappa shape index (κ3) is 2.95. The monoisotopic (exact) mass is 319 g/mol. The summed E-state index contributed by atoms with van der Waals surface area (Å²) >= 11 is 0. The van der Waals surface area contributed by atoms with Crippen molar-refractivity contribution in [2.24, 2.45) is 7.05 Å². The summed E-state index contributed by atoms with van der Waals surface area (Å²) < 4.78 is 1.89. The molecule has 5 nitrogen and oxygen atoms in total. The van der Waals surface area contributed by atoms with Gasteiger partial charge in [-0.3, -0.25) is 9.58 Å². The minimum absolute atomic E-state index is 0.825. The maximum Gasteiger partial charge on any atom is 0.159 e. The van der Waals surface area contributed by atoms with E-state index in [0.717, 1.165) is 43.1 Å². The predicted molar refractivity (Wildman–Crippen MR) is 93.2 cm³/mol. The number of aryl methyl sites for hydroxylation is 2. The quantitative estimate of drug-likeness (QED) is 0.745. The summed E-state index contributed by atoms with van der Waals surface area (Å²) in [5.74, 6) is 0.825. The van der Waals surface area contributed by atoms with E-state index in [1.807, 2.05) is 36.1 Å². The molecular weight excluding hydrogens is 298 g/mol. The lowest BCUT2D eigenvalue weighted by molar-refractivity contribution is 0.242. The van der Waals surface area contributed by atoms with Crippen molar-refractivity contribution >= 4 is 0 Å². The van der Waals surface area contributed by atoms with Gasteiger partial charge < -0.3 is 0 Å². The molecule has 0 N–H and O–H groups in total. The van der Waals surface area contributed by atoms with Gasteiger partial charge in [0.25, 0.3) is 0 Å². The molecule has 0 fully saturated rings. The highest BCUT2D eigenvalue weighted by Gasteiger charge is 2.20. The van der Waals surface area contributed by atoms with Crippen LogP contribution in [0.3, 0.4) is 0 Å². The number of aromatic nitrogens is 4. The second kappa shape index (κ2) is 6.17. The Morgan fingerprint density at radius 3 is 2.75 bits per heavy atom. The minimum Gasteiger partial charge on any atom is -0.294 e. The van der Waals surface area contributed by atoms with E-state index in [0.29, 0.717) is 0 Å². The van der Waals surface area contributed by atoms with Gasteiger partial charge >= 0.3 is 0 Å². The molecule has 0 aliphatic carbocycles. The molecule has 1 aromatic carbocycles. The molecular formula is C19H21N5. The molecule has 0 unspecified atom stereocenters. The summed E-state index contributed by atoms with van der Waals surface area (Å²) in [7, 11) is 1.97. The number of nitrogens with zero attached hydrogens (tertiary/aromatic N) is 5. The van der Waals surface area contributed by atoms with E-state index in [1.165, 1.54) is 16.8 Å². The van der Waals surface area contributed by atoms with Crippen LogP contribution in [0.2, 0.25) is 0 Å². The van der Waals surface area contributed by atoms with Gasteiger partial charge in [-0.25, -0.2) is 9.97 Å². The molecule has 4 rings (SSSR count). The van der Waals surface area contributed by atoms with E-state index in [-0.39, 0.29) is 0 Å². The van der Waals surface area contributed by atoms with Crippen LogP contribution in [-0.2, 0) is 26.6 Å². The van der Waals surface area contributed by atoms with Gasteiger partial charge in [0.2, 0.25) is 0 Å². The molecule has 0 saturated carbocycles. The molecule has 0 spiro atoms. The van der Waals surface area contributed by atoms with Gasteiger partial charge in [-0.2, -0.15) is 5.10 Å². The fraction of sp³-hybridized carbons (Fsp3) is 0.316. The van der Waals surface area contributed by atoms with E-state index in [9.17, 15) is 0 Å². The van der Waals surface area contributed by atoms with Crippen LogP contribution in [0.1, 0.15) is 22.5 Å². The number of fused-ring (bicyclic) bond motifs is 1. The van der Waals surface area contributed by atoms with E-state index in [4.69, 9.17) is 4.98 Å². The highest BCUT2D eigenvalue weighted by molar-refractivity contribution is 5.54. The standard InChI is InChI=1S/C19H21N5/c1-14-17(11-23(2)22-14)13-24-9-8-18-16(12-24)10-20-19(21-18)15-6-4-3-5-7-15/h3-7,10-11H,8-9,12-13H2,1-2H3. The zero-order chi connectivity index (χ0) is 16.5. The smallest absolute Gasteiger partial charge is 0.159 e. The van der Waals surface area contributed by atoms with Gasteiger partial charge in [0.15, 0.2) is 5.82 Å². The van der Waals surface area contributed by atoms with Crippen molar-refractivity contribution in [3.63, 3.8) is 0 Å². The number of hydrogen-bond acceptors (Lipinski definition) is 4. The average Bonchev–Trinajstić information content (AvgIpc) is 2.92. The van der Waals surface area contributed by atoms with Crippen LogP contribution in [0, 0.1) is 6.92 Å². The van der Waals surface area contributed by atoms with Crippen LogP contribution in [-0.4, -0.2) is 31.2 Å². The zero-order valence-electron chi connectivity index (χ0n) is 14.1. The van der Waals surface area contributed by atoms with Gasteiger partial charge in [-0.1, -0.05) is 30.3 Å². The van der Waals surface area contributed by atoms with Crippen LogP contribution in [0.25, 0.3) is 11.4 Å². The van der Waals surface area contributed by atoms with Gasteiger partial charge in [-0.15, -0.1) is 0 Å². The summed E-state index contributed by atoms with van der Waals surface area (Å²) in [6.45, 7) is 4.92. The Labute approximate surface area is 142 Å². The van der Waals surface area contributed by atoms with Gasteiger partial charge in [0.05, 0.1) is 11.4 Å². The number of rotatable bonds is 3. The maximum atomic E-state index is 4.79. The molecule has 3 heterocycles. The van der Waals surface area contributed by atoms with Gasteiger partial charge in [-0.05, 0) is 6.92 Å². The third-order valence-corrected chi connectivity index (χ3v) is 4.55. The lowest BCUT2D eigenvalue weighted by atomic mass is 10.1. The van der Waals surface area contributed by atoms with Gasteiger partial charge in [0, 0.05) is 62.2 Å². The van der Waals surface area contributed by atoms with E-state index in [2.05, 4.69) is 40.2 Å². The van der Waals surface area contributed by atoms with Crippen molar-refractivity contribution in [2.75, 3.05) is 6.54 Å². The van der Waals surface area contributed by atoms with Crippen LogP contribution >= 0.6 is 0 Å². The molecule has 0 radical (unpaired) electrons. The normalized spacial score (nSPS) is 14.6. The molecule has 3 aromatic rings. The first-order chi connectivity index (χ1) is 11.7. The largest absolute Gasteiger partial charge is 0.294 e. The Morgan fingerprint density at radius 1 is 1.17 bits per heavy atom. The Morgan fingerprint density at radius 2 is 2.00 bits per heavy atom. The molecule has 5 heteroatoms. The molecule has 0 amide bonds. The summed E-state index contributed by atoms with van der Waals surface area (Å²) in [5.41, 5.74) is 5.90. The topological polar surface area (TPSA) is 46.8 Å². The zero-order valence-corrected chi connectivity index (χ0v) is 14.1. The summed E-state index contributed by atoms with van der Waals surface area (Å²) in [6, 6.07) is 10.2. The molecule has 0 atom stereocenters. The Kier molecular flexibility index (Phi) is 3.86. The lowest BCUT2D eigenvalue weighted by Gasteiger charge is -2.27. The second-order valence-corrected chi connectivity index (χ2v) is 6.41. The van der Waals surface area contributed by atoms with Crippen LogP contribution in [0.5, 0.6) is 0 Å². The van der Waals surface area contributed by atoms with Crippen molar-refractivity contribution in [1.82, 2.24) is 24.6 Å². The molecule has 1 aliphatic rings. The average molecular weight is 319 g/mol. The highest BCUT2D eigenvalue weighted by atomic mass is 15.3. The Bertz CT molecular complexity index is 853. The van der Waals surface area contributed by atoms with Crippen molar-refractivity contribution in [3.8, 4) is 11.4 Å². The van der Waals surface area contributed by atoms with E-state index >= 15 is 0 Å².